The van der Waals surface area contributed by atoms with Gasteiger partial charge in [0, 0.05) is 37.9 Å². The van der Waals surface area contributed by atoms with E-state index in [1.807, 2.05) is 49.9 Å². The smallest absolute Gasteiger partial charge is 0.325 e. The summed E-state index contributed by atoms with van der Waals surface area (Å²) in [6.45, 7) is 9.94. The highest BCUT2D eigenvalue weighted by Crippen LogP contribution is 2.17. The Hall–Kier alpha value is -2.71. The van der Waals surface area contributed by atoms with Crippen LogP contribution >= 0.6 is 0 Å². The molecule has 0 saturated carbocycles. The zero-order chi connectivity index (χ0) is 20.1. The molecule has 2 aromatic rings. The van der Waals surface area contributed by atoms with E-state index in [0.29, 0.717) is 5.69 Å². The van der Waals surface area contributed by atoms with Crippen LogP contribution < -0.4 is 10.6 Å². The lowest BCUT2D eigenvalue weighted by molar-refractivity contribution is -0.121. The number of rotatable bonds is 5. The molecule has 1 aliphatic rings. The van der Waals surface area contributed by atoms with Crippen molar-refractivity contribution in [3.63, 3.8) is 0 Å². The van der Waals surface area contributed by atoms with E-state index in [-0.39, 0.29) is 12.5 Å². The maximum absolute atomic E-state index is 12.2. The van der Waals surface area contributed by atoms with Crippen LogP contribution in [0.3, 0.4) is 0 Å². The van der Waals surface area contributed by atoms with Gasteiger partial charge in [-0.1, -0.05) is 17.3 Å². The van der Waals surface area contributed by atoms with Crippen LogP contribution in [0.1, 0.15) is 22.6 Å². The maximum Gasteiger partial charge on any atom is 0.325 e. The molecular formula is C20H27N5O3. The second-order valence-corrected chi connectivity index (χ2v) is 7.24. The first kappa shape index (κ1) is 20.0. The number of anilines is 1. The number of nitrogens with zero attached hydrogens (tertiary/aromatic N) is 3. The number of hydrogen-bond acceptors (Lipinski definition) is 6. The van der Waals surface area contributed by atoms with Crippen LogP contribution in [-0.2, 0) is 11.3 Å². The molecule has 0 atom stereocenters. The monoisotopic (exact) mass is 385 g/mol. The zero-order valence-corrected chi connectivity index (χ0v) is 16.6. The molecule has 1 aromatic carbocycles. The normalized spacial score (nSPS) is 15.4. The van der Waals surface area contributed by atoms with Gasteiger partial charge in [0.05, 0.1) is 18.8 Å². The van der Waals surface area contributed by atoms with Crippen LogP contribution in [0.4, 0.5) is 10.5 Å². The number of aryl methyl sites for hydroxylation is 2. The lowest BCUT2D eigenvalue weighted by Gasteiger charge is -2.33. The summed E-state index contributed by atoms with van der Waals surface area (Å²) >= 11 is 0. The van der Waals surface area contributed by atoms with Gasteiger partial charge < -0.3 is 9.84 Å². The minimum absolute atomic E-state index is 0.204. The Morgan fingerprint density at radius 1 is 1.11 bits per heavy atom. The van der Waals surface area contributed by atoms with Crippen molar-refractivity contribution in [2.24, 2.45) is 0 Å². The quantitative estimate of drug-likeness (QED) is 0.819. The van der Waals surface area contributed by atoms with E-state index in [4.69, 9.17) is 4.52 Å². The van der Waals surface area contributed by atoms with Crippen LogP contribution in [-0.4, -0.2) is 59.6 Å². The molecule has 1 saturated heterocycles. The van der Waals surface area contributed by atoms with Crippen LogP contribution in [0, 0.1) is 20.8 Å². The molecule has 150 valence electrons. The summed E-state index contributed by atoms with van der Waals surface area (Å²) in [5.74, 6) is 0.550. The minimum atomic E-state index is -0.502. The third kappa shape index (κ3) is 5.40. The predicted molar refractivity (Wildman–Crippen MR) is 106 cm³/mol. The first-order chi connectivity index (χ1) is 13.4. The second-order valence-electron chi connectivity index (χ2n) is 7.24. The van der Waals surface area contributed by atoms with Gasteiger partial charge in [-0.25, -0.2) is 4.79 Å². The average molecular weight is 385 g/mol. The molecule has 1 aliphatic heterocycles. The van der Waals surface area contributed by atoms with Crippen molar-refractivity contribution in [1.29, 1.82) is 0 Å². The van der Waals surface area contributed by atoms with Crippen molar-refractivity contribution >= 4 is 17.6 Å². The van der Waals surface area contributed by atoms with Gasteiger partial charge in [-0.15, -0.1) is 0 Å². The van der Waals surface area contributed by atoms with Crippen molar-refractivity contribution in [3.05, 3.63) is 46.8 Å². The van der Waals surface area contributed by atoms with E-state index in [1.165, 1.54) is 0 Å². The molecular weight excluding hydrogens is 358 g/mol. The van der Waals surface area contributed by atoms with E-state index in [0.717, 1.165) is 55.3 Å². The molecule has 3 rings (SSSR count). The number of urea groups is 1. The first-order valence-corrected chi connectivity index (χ1v) is 9.44. The highest BCUT2D eigenvalue weighted by Gasteiger charge is 2.21. The Balaban J connectivity index is 1.40. The largest absolute Gasteiger partial charge is 0.360 e. The molecule has 2 heterocycles. The number of nitrogens with one attached hydrogen (secondary N) is 2. The van der Waals surface area contributed by atoms with Crippen LogP contribution in [0.15, 0.2) is 28.8 Å². The summed E-state index contributed by atoms with van der Waals surface area (Å²) in [6, 6.07) is 7.11. The number of benzene rings is 1. The summed E-state index contributed by atoms with van der Waals surface area (Å²) in [7, 11) is 0. The highest BCUT2D eigenvalue weighted by molar-refractivity contribution is 6.02. The van der Waals surface area contributed by atoms with E-state index in [2.05, 4.69) is 20.7 Å². The van der Waals surface area contributed by atoms with Gasteiger partial charge in [0.1, 0.15) is 0 Å². The number of imide groups is 1. The average Bonchev–Trinajstić information content (AvgIpc) is 3.05. The van der Waals surface area contributed by atoms with Gasteiger partial charge in [0.2, 0.25) is 5.91 Å². The fourth-order valence-corrected chi connectivity index (χ4v) is 3.23. The third-order valence-corrected chi connectivity index (χ3v) is 4.99. The van der Waals surface area contributed by atoms with Crippen molar-refractivity contribution in [3.8, 4) is 0 Å². The van der Waals surface area contributed by atoms with Gasteiger partial charge >= 0.3 is 6.03 Å². The van der Waals surface area contributed by atoms with Crippen LogP contribution in [0.5, 0.6) is 0 Å². The molecule has 28 heavy (non-hydrogen) atoms. The Morgan fingerprint density at radius 2 is 1.82 bits per heavy atom. The number of carbonyl (C=O) groups excluding carboxylic acids is 2. The summed E-state index contributed by atoms with van der Waals surface area (Å²) < 4.78 is 5.25. The van der Waals surface area contributed by atoms with E-state index in [1.54, 1.807) is 0 Å². The lowest BCUT2D eigenvalue weighted by Crippen LogP contribution is -2.50. The maximum atomic E-state index is 12.2. The van der Waals surface area contributed by atoms with Crippen LogP contribution in [0.2, 0.25) is 0 Å². The third-order valence-electron chi connectivity index (χ3n) is 4.99. The molecule has 0 radical (unpaired) electrons. The van der Waals surface area contributed by atoms with Crippen molar-refractivity contribution < 1.29 is 14.1 Å². The Bertz CT molecular complexity index is 840. The fraction of sp³-hybridized carbons (Fsp3) is 0.450. The molecule has 3 amide bonds. The molecule has 1 aromatic heterocycles. The minimum Gasteiger partial charge on any atom is -0.360 e. The van der Waals surface area contributed by atoms with Crippen LogP contribution in [0.25, 0.3) is 0 Å². The van der Waals surface area contributed by atoms with Gasteiger partial charge in [0.15, 0.2) is 5.76 Å². The Morgan fingerprint density at radius 3 is 2.50 bits per heavy atom. The highest BCUT2D eigenvalue weighted by atomic mass is 16.5. The molecule has 0 aliphatic carbocycles. The zero-order valence-electron chi connectivity index (χ0n) is 16.6. The van der Waals surface area contributed by atoms with Gasteiger partial charge in [-0.05, 0) is 38.0 Å². The number of carbonyl (C=O) groups is 2. The second kappa shape index (κ2) is 8.99. The molecule has 8 heteroatoms. The Kier molecular flexibility index (Phi) is 6.43. The van der Waals surface area contributed by atoms with E-state index < -0.39 is 6.03 Å². The number of piperazine rings is 1. The first-order valence-electron chi connectivity index (χ1n) is 9.44. The molecule has 2 N–H and O–H groups in total. The molecule has 8 nitrogen and oxygen atoms in total. The predicted octanol–water partition coefficient (Wildman–Crippen LogP) is 2.07. The molecule has 0 spiro atoms. The number of hydrogen-bond donors (Lipinski definition) is 2. The Labute approximate surface area is 164 Å². The summed E-state index contributed by atoms with van der Waals surface area (Å²) in [5, 5.41) is 9.05. The molecule has 0 unspecified atom stereocenters. The molecule has 0 bridgehead atoms. The van der Waals surface area contributed by atoms with E-state index >= 15 is 0 Å². The van der Waals surface area contributed by atoms with Gasteiger partial charge in [-0.3, -0.25) is 19.9 Å². The molecule has 1 fully saturated rings. The topological polar surface area (TPSA) is 90.7 Å². The van der Waals surface area contributed by atoms with Crippen molar-refractivity contribution in [2.75, 3.05) is 38.0 Å². The standard InChI is InChI=1S/C20H27N5O3/c1-14-5-4-6-18(16(14)3)21-20(27)22-19(26)13-25-9-7-24(8-10-25)12-17-11-15(2)23-28-17/h4-6,11H,7-10,12-13H2,1-3H3,(H2,21,22,26,27). The SMILES string of the molecule is Cc1cc(CN2CCN(CC(=O)NC(=O)Nc3cccc(C)c3C)CC2)on1. The van der Waals surface area contributed by atoms with E-state index in [9.17, 15) is 9.59 Å². The van der Waals surface area contributed by atoms with Crippen molar-refractivity contribution in [1.82, 2.24) is 20.3 Å². The van der Waals surface area contributed by atoms with Gasteiger partial charge in [-0.2, -0.15) is 0 Å². The van der Waals surface area contributed by atoms with Gasteiger partial charge in [0.25, 0.3) is 0 Å². The summed E-state index contributed by atoms with van der Waals surface area (Å²) in [5.41, 5.74) is 3.66. The summed E-state index contributed by atoms with van der Waals surface area (Å²) in [6.07, 6.45) is 0. The fourth-order valence-electron chi connectivity index (χ4n) is 3.23. The number of amides is 3. The summed E-state index contributed by atoms with van der Waals surface area (Å²) in [4.78, 5) is 28.6. The van der Waals surface area contributed by atoms with Crippen molar-refractivity contribution in [2.45, 2.75) is 27.3 Å². The number of aromatic nitrogens is 1. The lowest BCUT2D eigenvalue weighted by atomic mass is 10.1.